The first kappa shape index (κ1) is 15.2. The Hall–Kier alpha value is -0.220. The fourth-order valence-electron chi connectivity index (χ4n) is 2.51. The summed E-state index contributed by atoms with van der Waals surface area (Å²) in [5, 5.41) is 4.23. The van der Waals surface area contributed by atoms with Crippen molar-refractivity contribution in [2.24, 2.45) is 0 Å². The number of nitrogens with zero attached hydrogens (tertiary/aromatic N) is 1. The van der Waals surface area contributed by atoms with E-state index < -0.39 is 0 Å². The molecule has 1 aliphatic rings. The molecular weight excluding hydrogens is 276 g/mol. The molecule has 106 valence electrons. The minimum absolute atomic E-state index is 0.424. The molecule has 0 aliphatic carbocycles. The summed E-state index contributed by atoms with van der Waals surface area (Å²) in [7, 11) is 2.04. The van der Waals surface area contributed by atoms with E-state index in [1.54, 1.807) is 0 Å². The van der Waals surface area contributed by atoms with Crippen molar-refractivity contribution in [3.05, 3.63) is 34.9 Å². The molecule has 19 heavy (non-hydrogen) atoms. The van der Waals surface area contributed by atoms with Gasteiger partial charge in [0.05, 0.1) is 0 Å². The van der Waals surface area contributed by atoms with Gasteiger partial charge in [-0.05, 0) is 56.4 Å². The van der Waals surface area contributed by atoms with Gasteiger partial charge in [0.25, 0.3) is 0 Å². The molecule has 0 radical (unpaired) electrons. The molecular formula is C15H23ClN2S. The van der Waals surface area contributed by atoms with Crippen LogP contribution in [0.1, 0.15) is 24.4 Å². The lowest BCUT2D eigenvalue weighted by molar-refractivity contribution is 0.277. The first-order valence-electron chi connectivity index (χ1n) is 7.02. The molecule has 2 rings (SSSR count). The Morgan fingerprint density at radius 2 is 2.05 bits per heavy atom. The number of thioether (sulfide) groups is 1. The van der Waals surface area contributed by atoms with Gasteiger partial charge in [-0.2, -0.15) is 11.8 Å². The molecule has 0 amide bonds. The molecule has 1 heterocycles. The molecule has 0 saturated carbocycles. The van der Waals surface area contributed by atoms with Gasteiger partial charge in [-0.3, -0.25) is 0 Å². The number of rotatable bonds is 5. The van der Waals surface area contributed by atoms with Gasteiger partial charge < -0.3 is 10.2 Å². The second-order valence-corrected chi connectivity index (χ2v) is 6.65. The van der Waals surface area contributed by atoms with Gasteiger partial charge >= 0.3 is 0 Å². The van der Waals surface area contributed by atoms with Gasteiger partial charge in [0.2, 0.25) is 0 Å². The maximum absolute atomic E-state index is 5.95. The van der Waals surface area contributed by atoms with Crippen molar-refractivity contribution in [2.45, 2.75) is 18.9 Å². The summed E-state index contributed by atoms with van der Waals surface area (Å²) in [6, 6.07) is 8.63. The molecule has 0 bridgehead atoms. The van der Waals surface area contributed by atoms with E-state index in [0.717, 1.165) is 11.4 Å². The average Bonchev–Trinajstić information content (AvgIpc) is 2.70. The Balaban J connectivity index is 1.86. The molecule has 1 N–H and O–H groups in total. The zero-order valence-corrected chi connectivity index (χ0v) is 13.1. The first-order valence-corrected chi connectivity index (χ1v) is 8.55. The smallest absolute Gasteiger partial charge is 0.0406 e. The van der Waals surface area contributed by atoms with Gasteiger partial charge in [-0.25, -0.2) is 0 Å². The zero-order valence-electron chi connectivity index (χ0n) is 11.6. The van der Waals surface area contributed by atoms with Crippen molar-refractivity contribution in [1.82, 2.24) is 10.2 Å². The van der Waals surface area contributed by atoms with Crippen molar-refractivity contribution in [3.63, 3.8) is 0 Å². The van der Waals surface area contributed by atoms with Gasteiger partial charge in [0.15, 0.2) is 0 Å². The summed E-state index contributed by atoms with van der Waals surface area (Å²) in [5.74, 6) is 2.61. The standard InChI is InChI=1S/C15H23ClN2S/c1-17-15(13-3-5-14(16)6-4-13)7-9-18-8-2-11-19-12-10-18/h3-6,15,17H,2,7-12H2,1H3. The van der Waals surface area contributed by atoms with E-state index in [1.807, 2.05) is 19.2 Å². The van der Waals surface area contributed by atoms with Crippen molar-refractivity contribution in [1.29, 1.82) is 0 Å². The fourth-order valence-corrected chi connectivity index (χ4v) is 3.56. The molecule has 0 aromatic heterocycles. The summed E-state index contributed by atoms with van der Waals surface area (Å²) in [6.45, 7) is 3.67. The van der Waals surface area contributed by atoms with E-state index in [2.05, 4.69) is 34.1 Å². The van der Waals surface area contributed by atoms with Crippen LogP contribution in [0.25, 0.3) is 0 Å². The molecule has 1 aromatic rings. The Bertz CT molecular complexity index is 361. The highest BCUT2D eigenvalue weighted by molar-refractivity contribution is 7.99. The van der Waals surface area contributed by atoms with Gasteiger partial charge in [0.1, 0.15) is 0 Å². The number of hydrogen-bond acceptors (Lipinski definition) is 3. The van der Waals surface area contributed by atoms with E-state index in [1.165, 1.54) is 43.1 Å². The first-order chi connectivity index (χ1) is 9.29. The third kappa shape index (κ3) is 4.99. The van der Waals surface area contributed by atoms with Crippen molar-refractivity contribution >= 4 is 23.4 Å². The highest BCUT2D eigenvalue weighted by atomic mass is 35.5. The van der Waals surface area contributed by atoms with Gasteiger partial charge in [0, 0.05) is 23.4 Å². The predicted molar refractivity (Wildman–Crippen MR) is 86.3 cm³/mol. The Labute approximate surface area is 125 Å². The van der Waals surface area contributed by atoms with E-state index in [-0.39, 0.29) is 0 Å². The van der Waals surface area contributed by atoms with Crippen LogP contribution in [0.15, 0.2) is 24.3 Å². The van der Waals surface area contributed by atoms with E-state index >= 15 is 0 Å². The summed E-state index contributed by atoms with van der Waals surface area (Å²) in [6.07, 6.45) is 2.48. The van der Waals surface area contributed by atoms with Crippen LogP contribution in [0.5, 0.6) is 0 Å². The topological polar surface area (TPSA) is 15.3 Å². The number of hydrogen-bond donors (Lipinski definition) is 1. The molecule has 1 aliphatic heterocycles. The second kappa shape index (κ2) is 8.15. The third-order valence-corrected chi connectivity index (χ3v) is 4.97. The SMILES string of the molecule is CNC(CCN1CCCSCC1)c1ccc(Cl)cc1. The summed E-state index contributed by atoms with van der Waals surface area (Å²) in [5.41, 5.74) is 1.33. The van der Waals surface area contributed by atoms with Gasteiger partial charge in [-0.15, -0.1) is 0 Å². The van der Waals surface area contributed by atoms with Crippen LogP contribution in [0, 0.1) is 0 Å². The number of halogens is 1. The fraction of sp³-hybridized carbons (Fsp3) is 0.600. The molecule has 1 unspecified atom stereocenters. The van der Waals surface area contributed by atoms with Crippen LogP contribution in [-0.2, 0) is 0 Å². The van der Waals surface area contributed by atoms with Crippen LogP contribution in [0.4, 0.5) is 0 Å². The zero-order chi connectivity index (χ0) is 13.5. The highest BCUT2D eigenvalue weighted by Gasteiger charge is 2.13. The maximum Gasteiger partial charge on any atom is 0.0406 e. The Morgan fingerprint density at radius 3 is 2.79 bits per heavy atom. The summed E-state index contributed by atoms with van der Waals surface area (Å²) in [4.78, 5) is 2.60. The highest BCUT2D eigenvalue weighted by Crippen LogP contribution is 2.20. The maximum atomic E-state index is 5.95. The largest absolute Gasteiger partial charge is 0.313 e. The van der Waals surface area contributed by atoms with E-state index in [9.17, 15) is 0 Å². The molecule has 2 nitrogen and oxygen atoms in total. The average molecular weight is 299 g/mol. The van der Waals surface area contributed by atoms with Crippen LogP contribution < -0.4 is 5.32 Å². The van der Waals surface area contributed by atoms with Crippen molar-refractivity contribution in [2.75, 3.05) is 38.2 Å². The minimum Gasteiger partial charge on any atom is -0.313 e. The van der Waals surface area contributed by atoms with Crippen molar-refractivity contribution < 1.29 is 0 Å². The quantitative estimate of drug-likeness (QED) is 0.896. The number of nitrogens with one attached hydrogen (secondary N) is 1. The molecule has 4 heteroatoms. The van der Waals surface area contributed by atoms with Crippen LogP contribution in [0.3, 0.4) is 0 Å². The molecule has 1 saturated heterocycles. The predicted octanol–water partition coefficient (Wildman–Crippen LogP) is 3.43. The summed E-state index contributed by atoms with van der Waals surface area (Å²) < 4.78 is 0. The third-order valence-electron chi connectivity index (χ3n) is 3.67. The lowest BCUT2D eigenvalue weighted by Gasteiger charge is -2.23. The van der Waals surface area contributed by atoms with E-state index in [4.69, 9.17) is 11.6 Å². The Kier molecular flexibility index (Phi) is 6.51. The minimum atomic E-state index is 0.424. The monoisotopic (exact) mass is 298 g/mol. The second-order valence-electron chi connectivity index (χ2n) is 4.99. The summed E-state index contributed by atoms with van der Waals surface area (Å²) >= 11 is 8.03. The molecule has 1 fully saturated rings. The van der Waals surface area contributed by atoms with Crippen LogP contribution in [0.2, 0.25) is 5.02 Å². The van der Waals surface area contributed by atoms with Crippen LogP contribution >= 0.6 is 23.4 Å². The lowest BCUT2D eigenvalue weighted by atomic mass is 10.0. The van der Waals surface area contributed by atoms with Gasteiger partial charge in [-0.1, -0.05) is 23.7 Å². The lowest BCUT2D eigenvalue weighted by Crippen LogP contribution is -2.30. The normalized spacial score (nSPS) is 19.1. The Morgan fingerprint density at radius 1 is 1.26 bits per heavy atom. The van der Waals surface area contributed by atoms with Crippen LogP contribution in [-0.4, -0.2) is 43.1 Å². The number of benzene rings is 1. The molecule has 1 aromatic carbocycles. The van der Waals surface area contributed by atoms with E-state index in [0.29, 0.717) is 6.04 Å². The molecule has 1 atom stereocenters. The molecule has 0 spiro atoms. The van der Waals surface area contributed by atoms with Crippen molar-refractivity contribution in [3.8, 4) is 0 Å².